The number of nitrogens with two attached hydrogens (primary N) is 1. The second-order valence-electron chi connectivity index (χ2n) is 5.25. The van der Waals surface area contributed by atoms with Crippen molar-refractivity contribution in [3.8, 4) is 0 Å². The van der Waals surface area contributed by atoms with Crippen molar-refractivity contribution in [3.05, 3.63) is 70.8 Å². The molecule has 0 saturated heterocycles. The van der Waals surface area contributed by atoms with Gasteiger partial charge in [0.05, 0.1) is 0 Å². The molecule has 0 atom stereocenters. The molecule has 2 heteroatoms. The molecule has 1 aliphatic rings. The molecule has 0 aromatic heterocycles. The number of hydrogen-bond acceptors (Lipinski definition) is 2. The van der Waals surface area contributed by atoms with Crippen LogP contribution in [0.3, 0.4) is 0 Å². The van der Waals surface area contributed by atoms with Gasteiger partial charge in [-0.3, -0.25) is 4.90 Å². The smallest absolute Gasteiger partial charge is 0.0240 e. The van der Waals surface area contributed by atoms with Gasteiger partial charge in [-0.25, -0.2) is 0 Å². The van der Waals surface area contributed by atoms with Gasteiger partial charge in [-0.05, 0) is 28.7 Å². The maximum atomic E-state index is 5.63. The van der Waals surface area contributed by atoms with Gasteiger partial charge in [-0.2, -0.15) is 0 Å². The molecule has 2 aromatic rings. The lowest BCUT2D eigenvalue weighted by molar-refractivity contribution is 0.245. The molecule has 0 radical (unpaired) electrons. The Labute approximate surface area is 114 Å². The van der Waals surface area contributed by atoms with E-state index >= 15 is 0 Å². The van der Waals surface area contributed by atoms with Crippen molar-refractivity contribution in [2.75, 3.05) is 6.54 Å². The van der Waals surface area contributed by atoms with E-state index in [1.54, 1.807) is 0 Å². The molecule has 0 fully saturated rings. The van der Waals surface area contributed by atoms with Gasteiger partial charge in [0.2, 0.25) is 0 Å². The molecule has 19 heavy (non-hydrogen) atoms. The van der Waals surface area contributed by atoms with Gasteiger partial charge in [0.25, 0.3) is 0 Å². The van der Waals surface area contributed by atoms with E-state index in [1.807, 2.05) is 0 Å². The highest BCUT2D eigenvalue weighted by Crippen LogP contribution is 2.20. The summed E-state index contributed by atoms with van der Waals surface area (Å²) in [6.45, 7) is 3.86. The fourth-order valence-electron chi connectivity index (χ4n) is 2.73. The zero-order valence-corrected chi connectivity index (χ0v) is 11.2. The molecule has 0 bridgehead atoms. The summed E-state index contributed by atoms with van der Waals surface area (Å²) in [4.78, 5) is 2.51. The molecule has 0 spiro atoms. The van der Waals surface area contributed by atoms with Crippen LogP contribution in [0.2, 0.25) is 0 Å². The van der Waals surface area contributed by atoms with Crippen LogP contribution in [0, 0.1) is 0 Å². The average molecular weight is 252 g/mol. The van der Waals surface area contributed by atoms with Crippen LogP contribution in [0.1, 0.15) is 22.3 Å². The molecule has 0 unspecified atom stereocenters. The van der Waals surface area contributed by atoms with Crippen molar-refractivity contribution in [1.82, 2.24) is 4.90 Å². The highest BCUT2D eigenvalue weighted by Gasteiger charge is 2.15. The van der Waals surface area contributed by atoms with Crippen molar-refractivity contribution in [2.24, 2.45) is 5.73 Å². The second-order valence-corrected chi connectivity index (χ2v) is 5.25. The Morgan fingerprint density at radius 2 is 1.58 bits per heavy atom. The molecule has 3 rings (SSSR count). The third-order valence-corrected chi connectivity index (χ3v) is 3.87. The van der Waals surface area contributed by atoms with Crippen molar-refractivity contribution in [2.45, 2.75) is 26.1 Å². The lowest BCUT2D eigenvalue weighted by atomic mass is 9.99. The van der Waals surface area contributed by atoms with Crippen molar-refractivity contribution in [1.29, 1.82) is 0 Å². The van der Waals surface area contributed by atoms with E-state index in [0.29, 0.717) is 6.54 Å². The molecule has 0 aliphatic carbocycles. The predicted molar refractivity (Wildman–Crippen MR) is 78.6 cm³/mol. The third-order valence-electron chi connectivity index (χ3n) is 3.87. The first-order valence-electron chi connectivity index (χ1n) is 6.92. The average Bonchev–Trinajstić information content (AvgIpc) is 2.48. The summed E-state index contributed by atoms with van der Waals surface area (Å²) in [7, 11) is 0. The van der Waals surface area contributed by atoms with E-state index in [9.17, 15) is 0 Å². The number of hydrogen-bond donors (Lipinski definition) is 1. The number of nitrogens with zero attached hydrogens (tertiary/aromatic N) is 1. The molecule has 0 saturated carbocycles. The lowest BCUT2D eigenvalue weighted by Crippen LogP contribution is -2.29. The van der Waals surface area contributed by atoms with Crippen LogP contribution in [0.15, 0.2) is 48.5 Å². The molecule has 98 valence electrons. The first kappa shape index (κ1) is 12.4. The SMILES string of the molecule is NCc1ccc(CN2CCc3ccccc3C2)cc1. The normalized spacial score (nSPS) is 15.2. The zero-order chi connectivity index (χ0) is 13.1. The number of fused-ring (bicyclic) bond motifs is 1. The Kier molecular flexibility index (Phi) is 3.62. The van der Waals surface area contributed by atoms with E-state index in [1.165, 1.54) is 22.3 Å². The first-order valence-corrected chi connectivity index (χ1v) is 6.92. The number of benzene rings is 2. The summed E-state index contributed by atoms with van der Waals surface area (Å²) in [5.41, 5.74) is 11.2. The fourth-order valence-corrected chi connectivity index (χ4v) is 2.73. The summed E-state index contributed by atoms with van der Waals surface area (Å²) < 4.78 is 0. The molecule has 2 N–H and O–H groups in total. The van der Waals surface area contributed by atoms with Gasteiger partial charge in [-0.15, -0.1) is 0 Å². The maximum absolute atomic E-state index is 5.63. The topological polar surface area (TPSA) is 29.3 Å². The van der Waals surface area contributed by atoms with Crippen LogP contribution in [0.4, 0.5) is 0 Å². The Balaban J connectivity index is 1.68. The molecular formula is C17H20N2. The van der Waals surface area contributed by atoms with Crippen molar-refractivity contribution < 1.29 is 0 Å². The van der Waals surface area contributed by atoms with Crippen LogP contribution in [-0.2, 0) is 26.1 Å². The summed E-state index contributed by atoms with van der Waals surface area (Å²) in [6.07, 6.45) is 1.16. The third kappa shape index (κ3) is 2.86. The molecule has 0 amide bonds. The molecule has 2 aromatic carbocycles. The van der Waals surface area contributed by atoms with E-state index in [2.05, 4.69) is 53.4 Å². The van der Waals surface area contributed by atoms with Crippen LogP contribution in [0.25, 0.3) is 0 Å². The minimum Gasteiger partial charge on any atom is -0.326 e. The Bertz CT molecular complexity index is 545. The quantitative estimate of drug-likeness (QED) is 0.910. The van der Waals surface area contributed by atoms with Crippen LogP contribution in [0.5, 0.6) is 0 Å². The van der Waals surface area contributed by atoms with Crippen molar-refractivity contribution in [3.63, 3.8) is 0 Å². The zero-order valence-electron chi connectivity index (χ0n) is 11.2. The second kappa shape index (κ2) is 5.55. The van der Waals surface area contributed by atoms with Crippen molar-refractivity contribution >= 4 is 0 Å². The minimum atomic E-state index is 0.622. The monoisotopic (exact) mass is 252 g/mol. The van der Waals surface area contributed by atoms with Crippen LogP contribution >= 0.6 is 0 Å². The number of rotatable bonds is 3. The largest absolute Gasteiger partial charge is 0.326 e. The fraction of sp³-hybridized carbons (Fsp3) is 0.294. The standard InChI is InChI=1S/C17H20N2/c18-11-14-5-7-15(8-6-14)12-19-10-9-16-3-1-2-4-17(16)13-19/h1-8H,9-13,18H2. The Morgan fingerprint density at radius 3 is 2.32 bits per heavy atom. The summed E-state index contributed by atoms with van der Waals surface area (Å²) in [6, 6.07) is 17.4. The Hall–Kier alpha value is -1.64. The predicted octanol–water partition coefficient (Wildman–Crippen LogP) is 2.70. The summed E-state index contributed by atoms with van der Waals surface area (Å²) >= 11 is 0. The molecule has 1 heterocycles. The highest BCUT2D eigenvalue weighted by molar-refractivity contribution is 5.29. The van der Waals surface area contributed by atoms with Gasteiger partial charge in [0.15, 0.2) is 0 Å². The van der Waals surface area contributed by atoms with Crippen LogP contribution < -0.4 is 5.73 Å². The molecular weight excluding hydrogens is 232 g/mol. The highest BCUT2D eigenvalue weighted by atomic mass is 15.1. The Morgan fingerprint density at radius 1 is 0.895 bits per heavy atom. The lowest BCUT2D eigenvalue weighted by Gasteiger charge is -2.28. The summed E-state index contributed by atoms with van der Waals surface area (Å²) in [5.74, 6) is 0. The van der Waals surface area contributed by atoms with Gasteiger partial charge in [0.1, 0.15) is 0 Å². The first-order chi connectivity index (χ1) is 9.35. The minimum absolute atomic E-state index is 0.622. The van der Waals surface area contributed by atoms with E-state index < -0.39 is 0 Å². The van der Waals surface area contributed by atoms with E-state index in [-0.39, 0.29) is 0 Å². The van der Waals surface area contributed by atoms with Gasteiger partial charge in [0, 0.05) is 26.2 Å². The van der Waals surface area contributed by atoms with Crippen LogP contribution in [-0.4, -0.2) is 11.4 Å². The summed E-state index contributed by atoms with van der Waals surface area (Å²) in [5, 5.41) is 0. The van der Waals surface area contributed by atoms with Gasteiger partial charge in [-0.1, -0.05) is 48.5 Å². The maximum Gasteiger partial charge on any atom is 0.0240 e. The van der Waals surface area contributed by atoms with E-state index in [4.69, 9.17) is 5.73 Å². The van der Waals surface area contributed by atoms with Gasteiger partial charge >= 0.3 is 0 Å². The molecule has 1 aliphatic heterocycles. The molecule has 2 nitrogen and oxygen atoms in total. The van der Waals surface area contributed by atoms with E-state index in [0.717, 1.165) is 26.1 Å². The van der Waals surface area contributed by atoms with Gasteiger partial charge < -0.3 is 5.73 Å².